The molecule has 1 N–H and O–H groups in total. The maximum absolute atomic E-state index is 11.2. The molecule has 0 aliphatic carbocycles. The fourth-order valence-electron chi connectivity index (χ4n) is 2.56. The third-order valence-corrected chi connectivity index (χ3v) is 4.95. The first-order chi connectivity index (χ1) is 13.0. The van der Waals surface area contributed by atoms with Gasteiger partial charge in [-0.1, -0.05) is 17.7 Å². The van der Waals surface area contributed by atoms with Gasteiger partial charge in [0.2, 0.25) is 0 Å². The lowest BCUT2D eigenvalue weighted by atomic mass is 10.1. The van der Waals surface area contributed by atoms with Crippen molar-refractivity contribution in [3.05, 3.63) is 52.4 Å². The number of hydrogen-bond acceptors (Lipinski definition) is 7. The zero-order chi connectivity index (χ0) is 19.4. The van der Waals surface area contributed by atoms with E-state index in [2.05, 4.69) is 10.3 Å². The zero-order valence-corrected chi connectivity index (χ0v) is 16.2. The molecular weight excluding hydrogens is 388 g/mol. The second kappa shape index (κ2) is 8.28. The zero-order valence-electron chi connectivity index (χ0n) is 14.6. The summed E-state index contributed by atoms with van der Waals surface area (Å²) in [6.45, 7) is 0. The number of aliphatic carboxylic acids is 1. The van der Waals surface area contributed by atoms with Crippen LogP contribution < -0.4 is 19.9 Å². The first-order valence-corrected chi connectivity index (χ1v) is 9.14. The van der Waals surface area contributed by atoms with Gasteiger partial charge in [0.1, 0.15) is 11.5 Å². The topological polar surface area (TPSA) is 83.5 Å². The number of halogens is 1. The molecular formula is C19H16ClN2O4S-. The fraction of sp³-hybridized carbons (Fsp3) is 0.158. The highest BCUT2D eigenvalue weighted by Crippen LogP contribution is 2.39. The van der Waals surface area contributed by atoms with Crippen molar-refractivity contribution in [1.29, 1.82) is 0 Å². The summed E-state index contributed by atoms with van der Waals surface area (Å²) in [5.41, 5.74) is 1.90. The Balaban J connectivity index is 2.06. The third kappa shape index (κ3) is 4.50. The number of carboxylic acids is 1. The third-order valence-electron chi connectivity index (χ3n) is 3.74. The van der Waals surface area contributed by atoms with Crippen LogP contribution in [0.1, 0.15) is 4.88 Å². The van der Waals surface area contributed by atoms with E-state index < -0.39 is 5.97 Å². The van der Waals surface area contributed by atoms with Gasteiger partial charge in [0.05, 0.1) is 19.9 Å². The van der Waals surface area contributed by atoms with Crippen LogP contribution in [0.2, 0.25) is 5.02 Å². The summed E-state index contributed by atoms with van der Waals surface area (Å²) in [5.74, 6) is -0.00591. The SMILES string of the molecule is COc1ccc(OC)c(-c2nc(Nc3cccc(Cl)c3)sc2CC(=O)[O-])c1. The number of nitrogens with zero attached hydrogens (tertiary/aromatic N) is 1. The molecule has 0 fully saturated rings. The van der Waals surface area contributed by atoms with E-state index in [9.17, 15) is 9.90 Å². The Morgan fingerprint density at radius 3 is 2.70 bits per heavy atom. The molecule has 0 radical (unpaired) electrons. The first kappa shape index (κ1) is 19.0. The number of benzene rings is 2. The van der Waals surface area contributed by atoms with Crippen LogP contribution in [-0.2, 0) is 11.2 Å². The highest BCUT2D eigenvalue weighted by Gasteiger charge is 2.18. The van der Waals surface area contributed by atoms with Gasteiger partial charge in [-0.05, 0) is 36.4 Å². The number of ether oxygens (including phenoxy) is 2. The Morgan fingerprint density at radius 1 is 1.22 bits per heavy atom. The molecule has 0 atom stereocenters. The van der Waals surface area contributed by atoms with E-state index in [4.69, 9.17) is 21.1 Å². The van der Waals surface area contributed by atoms with Crippen molar-refractivity contribution < 1.29 is 19.4 Å². The Labute approximate surface area is 165 Å². The summed E-state index contributed by atoms with van der Waals surface area (Å²) in [6, 6.07) is 12.5. The molecule has 8 heteroatoms. The second-order valence-corrected chi connectivity index (χ2v) is 7.06. The highest BCUT2D eigenvalue weighted by atomic mass is 35.5. The van der Waals surface area contributed by atoms with E-state index in [-0.39, 0.29) is 6.42 Å². The number of carbonyl (C=O) groups excluding carboxylic acids is 1. The Bertz CT molecular complexity index is 974. The van der Waals surface area contributed by atoms with Crippen LogP contribution in [0.4, 0.5) is 10.8 Å². The van der Waals surface area contributed by atoms with E-state index in [0.717, 1.165) is 5.69 Å². The molecule has 0 unspecified atom stereocenters. The molecule has 2 aromatic carbocycles. The minimum absolute atomic E-state index is 0.259. The van der Waals surface area contributed by atoms with Crippen LogP contribution in [0.5, 0.6) is 11.5 Å². The largest absolute Gasteiger partial charge is 0.550 e. The number of carboxylic acid groups (broad SMARTS) is 1. The average Bonchev–Trinajstić information content (AvgIpc) is 3.02. The lowest BCUT2D eigenvalue weighted by Crippen LogP contribution is -2.24. The molecule has 6 nitrogen and oxygen atoms in total. The van der Waals surface area contributed by atoms with Crippen molar-refractivity contribution in [2.45, 2.75) is 6.42 Å². The molecule has 0 aliphatic heterocycles. The highest BCUT2D eigenvalue weighted by molar-refractivity contribution is 7.16. The first-order valence-electron chi connectivity index (χ1n) is 7.94. The minimum atomic E-state index is -1.18. The number of methoxy groups -OCH3 is 2. The van der Waals surface area contributed by atoms with Gasteiger partial charge < -0.3 is 24.7 Å². The number of anilines is 2. The summed E-state index contributed by atoms with van der Waals surface area (Å²) in [7, 11) is 3.10. The van der Waals surface area contributed by atoms with Crippen molar-refractivity contribution in [2.75, 3.05) is 19.5 Å². The monoisotopic (exact) mass is 403 g/mol. The predicted octanol–water partition coefficient (Wildman–Crippen LogP) is 3.52. The van der Waals surface area contributed by atoms with Gasteiger partial charge in [-0.2, -0.15) is 0 Å². The predicted molar refractivity (Wildman–Crippen MR) is 104 cm³/mol. The van der Waals surface area contributed by atoms with Gasteiger partial charge in [-0.15, -0.1) is 11.3 Å². The molecule has 0 saturated carbocycles. The van der Waals surface area contributed by atoms with Crippen molar-refractivity contribution in [2.24, 2.45) is 0 Å². The average molecular weight is 404 g/mol. The lowest BCUT2D eigenvalue weighted by molar-refractivity contribution is -0.304. The minimum Gasteiger partial charge on any atom is -0.550 e. The molecule has 1 aromatic heterocycles. The van der Waals surface area contributed by atoms with Crippen molar-refractivity contribution in [3.63, 3.8) is 0 Å². The van der Waals surface area contributed by atoms with Gasteiger partial charge >= 0.3 is 0 Å². The maximum Gasteiger partial charge on any atom is 0.187 e. The molecule has 0 aliphatic rings. The number of nitrogens with one attached hydrogen (secondary N) is 1. The van der Waals surface area contributed by atoms with Crippen LogP contribution in [-0.4, -0.2) is 25.2 Å². The number of aromatic nitrogens is 1. The number of hydrogen-bond donors (Lipinski definition) is 1. The molecule has 140 valence electrons. The molecule has 0 bridgehead atoms. The molecule has 1 heterocycles. The molecule has 0 amide bonds. The number of thiazole rings is 1. The smallest absolute Gasteiger partial charge is 0.187 e. The number of carbonyl (C=O) groups is 1. The normalized spacial score (nSPS) is 10.5. The second-order valence-electron chi connectivity index (χ2n) is 5.54. The Kier molecular flexibility index (Phi) is 5.83. The molecule has 3 aromatic rings. The Morgan fingerprint density at radius 2 is 2.04 bits per heavy atom. The van der Waals surface area contributed by atoms with Gasteiger partial charge in [0, 0.05) is 33.5 Å². The molecule has 0 saturated heterocycles. The van der Waals surface area contributed by atoms with E-state index in [1.807, 2.05) is 12.1 Å². The summed E-state index contributed by atoms with van der Waals surface area (Å²) in [4.78, 5) is 16.3. The van der Waals surface area contributed by atoms with E-state index in [0.29, 0.717) is 37.8 Å². The summed E-state index contributed by atoms with van der Waals surface area (Å²) >= 11 is 7.25. The van der Waals surface area contributed by atoms with E-state index in [1.165, 1.54) is 11.3 Å². The maximum atomic E-state index is 11.2. The van der Waals surface area contributed by atoms with Crippen molar-refractivity contribution in [1.82, 2.24) is 4.98 Å². The van der Waals surface area contributed by atoms with Crippen LogP contribution in [0, 0.1) is 0 Å². The summed E-state index contributed by atoms with van der Waals surface area (Å²) < 4.78 is 10.7. The van der Waals surface area contributed by atoms with Gasteiger partial charge in [-0.3, -0.25) is 0 Å². The molecule has 27 heavy (non-hydrogen) atoms. The molecule has 0 spiro atoms. The van der Waals surface area contributed by atoms with E-state index in [1.54, 1.807) is 44.6 Å². The number of rotatable bonds is 7. The Hall–Kier alpha value is -2.77. The van der Waals surface area contributed by atoms with Gasteiger partial charge in [0.25, 0.3) is 0 Å². The van der Waals surface area contributed by atoms with Crippen LogP contribution in [0.3, 0.4) is 0 Å². The van der Waals surface area contributed by atoms with E-state index >= 15 is 0 Å². The lowest BCUT2D eigenvalue weighted by Gasteiger charge is -2.10. The summed E-state index contributed by atoms with van der Waals surface area (Å²) in [6.07, 6.45) is -0.259. The fourth-order valence-corrected chi connectivity index (χ4v) is 3.73. The van der Waals surface area contributed by atoms with Crippen molar-refractivity contribution in [3.8, 4) is 22.8 Å². The molecule has 3 rings (SSSR count). The van der Waals surface area contributed by atoms with Crippen LogP contribution in [0.25, 0.3) is 11.3 Å². The van der Waals surface area contributed by atoms with Crippen LogP contribution >= 0.6 is 22.9 Å². The van der Waals surface area contributed by atoms with Gasteiger partial charge in [0.15, 0.2) is 5.13 Å². The van der Waals surface area contributed by atoms with Gasteiger partial charge in [-0.25, -0.2) is 4.98 Å². The van der Waals surface area contributed by atoms with Crippen molar-refractivity contribution >= 4 is 39.7 Å². The van der Waals surface area contributed by atoms with Crippen LogP contribution in [0.15, 0.2) is 42.5 Å². The summed E-state index contributed by atoms with van der Waals surface area (Å²) in [5, 5.41) is 15.5. The standard InChI is InChI=1S/C19H17ClN2O4S/c1-25-13-6-7-15(26-2)14(9-13)18-16(10-17(23)24)27-19(22-18)21-12-5-3-4-11(20)8-12/h3-9H,10H2,1-2H3,(H,21,22)(H,23,24)/p-1. The quantitative estimate of drug-likeness (QED) is 0.649.